The summed E-state index contributed by atoms with van der Waals surface area (Å²) >= 11 is 1.21. The SMILES string of the molecule is CCOC(=O)Cn1c(=NC(C)=O)sc2cc(C(=O)OC)ccc21. The van der Waals surface area contributed by atoms with Gasteiger partial charge in [0.2, 0.25) is 5.91 Å². The fourth-order valence-corrected chi connectivity index (χ4v) is 3.14. The number of hydrogen-bond donors (Lipinski definition) is 0. The molecule has 8 heteroatoms. The molecule has 0 radical (unpaired) electrons. The number of methoxy groups -OCH3 is 1. The van der Waals surface area contributed by atoms with Gasteiger partial charge in [0.15, 0.2) is 4.80 Å². The van der Waals surface area contributed by atoms with E-state index in [2.05, 4.69) is 4.99 Å². The van der Waals surface area contributed by atoms with Crippen LogP contribution in [0.25, 0.3) is 10.2 Å². The smallest absolute Gasteiger partial charge is 0.337 e. The molecule has 122 valence electrons. The van der Waals surface area contributed by atoms with Gasteiger partial charge >= 0.3 is 11.9 Å². The number of rotatable bonds is 4. The molecule has 0 spiro atoms. The van der Waals surface area contributed by atoms with Crippen LogP contribution in [0.2, 0.25) is 0 Å². The molecule has 1 amide bonds. The van der Waals surface area contributed by atoms with Gasteiger partial charge in [-0.15, -0.1) is 0 Å². The molecule has 23 heavy (non-hydrogen) atoms. The fraction of sp³-hybridized carbons (Fsp3) is 0.333. The first-order valence-corrected chi connectivity index (χ1v) is 7.70. The number of fused-ring (bicyclic) bond motifs is 1. The quantitative estimate of drug-likeness (QED) is 0.790. The van der Waals surface area contributed by atoms with Gasteiger partial charge in [0, 0.05) is 6.92 Å². The molecular weight excluding hydrogens is 320 g/mol. The van der Waals surface area contributed by atoms with Gasteiger partial charge in [-0.3, -0.25) is 9.59 Å². The molecule has 0 aliphatic carbocycles. The molecule has 1 heterocycles. The van der Waals surface area contributed by atoms with Crippen molar-refractivity contribution in [1.29, 1.82) is 0 Å². The van der Waals surface area contributed by atoms with Gasteiger partial charge in [0.25, 0.3) is 0 Å². The highest BCUT2D eigenvalue weighted by Crippen LogP contribution is 2.20. The van der Waals surface area contributed by atoms with Crippen LogP contribution in [0.4, 0.5) is 0 Å². The van der Waals surface area contributed by atoms with E-state index in [9.17, 15) is 14.4 Å². The Hall–Kier alpha value is -2.48. The highest BCUT2D eigenvalue weighted by molar-refractivity contribution is 7.16. The molecule has 1 aromatic heterocycles. The van der Waals surface area contributed by atoms with Gasteiger partial charge < -0.3 is 14.0 Å². The lowest BCUT2D eigenvalue weighted by molar-refractivity contribution is -0.143. The number of hydrogen-bond acceptors (Lipinski definition) is 6. The molecule has 2 aromatic rings. The average Bonchev–Trinajstić information content (AvgIpc) is 2.82. The molecule has 7 nitrogen and oxygen atoms in total. The molecule has 1 aromatic carbocycles. The van der Waals surface area contributed by atoms with Crippen LogP contribution in [0, 0.1) is 0 Å². The topological polar surface area (TPSA) is 87.0 Å². The summed E-state index contributed by atoms with van der Waals surface area (Å²) in [5, 5.41) is 0. The molecule has 2 rings (SSSR count). The zero-order chi connectivity index (χ0) is 17.0. The molecule has 0 bridgehead atoms. The van der Waals surface area contributed by atoms with Crippen LogP contribution < -0.4 is 4.80 Å². The third-order valence-electron chi connectivity index (χ3n) is 2.95. The van der Waals surface area contributed by atoms with Crippen molar-refractivity contribution in [2.45, 2.75) is 20.4 Å². The van der Waals surface area contributed by atoms with E-state index in [-0.39, 0.29) is 19.1 Å². The first-order valence-electron chi connectivity index (χ1n) is 6.89. The Morgan fingerprint density at radius 1 is 1.30 bits per heavy atom. The number of ether oxygens (including phenoxy) is 2. The maximum Gasteiger partial charge on any atom is 0.337 e. The van der Waals surface area contributed by atoms with E-state index >= 15 is 0 Å². The summed E-state index contributed by atoms with van der Waals surface area (Å²) in [5.74, 6) is -1.25. The standard InChI is InChI=1S/C15H16N2O5S/c1-4-22-13(19)8-17-11-6-5-10(14(20)21-3)7-12(11)23-15(17)16-9(2)18/h5-7H,4,8H2,1-3H3. The molecule has 0 saturated carbocycles. The van der Waals surface area contributed by atoms with Gasteiger partial charge in [-0.05, 0) is 25.1 Å². The first-order chi connectivity index (χ1) is 11.0. The van der Waals surface area contributed by atoms with Gasteiger partial charge in [-0.2, -0.15) is 4.99 Å². The van der Waals surface area contributed by atoms with Crippen molar-refractivity contribution >= 4 is 39.4 Å². The summed E-state index contributed by atoms with van der Waals surface area (Å²) in [4.78, 5) is 39.0. The number of amides is 1. The number of carbonyl (C=O) groups is 3. The second-order valence-corrected chi connectivity index (χ2v) is 5.59. The van der Waals surface area contributed by atoms with Crippen LogP contribution in [-0.2, 0) is 25.6 Å². The minimum Gasteiger partial charge on any atom is -0.465 e. The molecule has 0 aliphatic heterocycles. The lowest BCUT2D eigenvalue weighted by atomic mass is 10.2. The minimum absolute atomic E-state index is 0.0580. The minimum atomic E-state index is -0.456. The van der Waals surface area contributed by atoms with Crippen LogP contribution in [0.3, 0.4) is 0 Å². The Morgan fingerprint density at radius 2 is 2.04 bits per heavy atom. The summed E-state index contributed by atoms with van der Waals surface area (Å²) in [7, 11) is 1.30. The number of carbonyl (C=O) groups excluding carboxylic acids is 3. The summed E-state index contributed by atoms with van der Waals surface area (Å²) in [6.45, 7) is 3.27. The van der Waals surface area contributed by atoms with E-state index in [0.29, 0.717) is 15.9 Å². The predicted octanol–water partition coefficient (Wildman–Crippen LogP) is 1.50. The van der Waals surface area contributed by atoms with E-state index in [0.717, 1.165) is 4.70 Å². The van der Waals surface area contributed by atoms with E-state index in [1.165, 1.54) is 25.4 Å². The Labute approximate surface area is 136 Å². The Morgan fingerprint density at radius 3 is 2.65 bits per heavy atom. The number of esters is 2. The second kappa shape index (κ2) is 7.19. The summed E-state index contributed by atoms with van der Waals surface area (Å²) < 4.78 is 12.0. The Balaban J connectivity index is 2.59. The van der Waals surface area contributed by atoms with Crippen LogP contribution >= 0.6 is 11.3 Å². The lowest BCUT2D eigenvalue weighted by Crippen LogP contribution is -2.22. The van der Waals surface area contributed by atoms with Crippen molar-refractivity contribution in [3.63, 3.8) is 0 Å². The molecule has 0 saturated heterocycles. The number of benzene rings is 1. The lowest BCUT2D eigenvalue weighted by Gasteiger charge is -2.05. The maximum atomic E-state index is 11.8. The zero-order valence-electron chi connectivity index (χ0n) is 13.0. The fourth-order valence-electron chi connectivity index (χ4n) is 2.03. The molecule has 0 unspecified atom stereocenters. The van der Waals surface area contributed by atoms with Crippen molar-refractivity contribution in [2.75, 3.05) is 13.7 Å². The molecule has 0 fully saturated rings. The zero-order valence-corrected chi connectivity index (χ0v) is 13.8. The molecule has 0 atom stereocenters. The Kier molecular flexibility index (Phi) is 5.28. The summed E-state index contributed by atoms with van der Waals surface area (Å²) in [6.07, 6.45) is 0. The maximum absolute atomic E-state index is 11.8. The Bertz CT molecular complexity index is 834. The van der Waals surface area contributed by atoms with Crippen LogP contribution in [0.15, 0.2) is 23.2 Å². The highest BCUT2D eigenvalue weighted by Gasteiger charge is 2.14. The molecule has 0 N–H and O–H groups in total. The summed E-state index contributed by atoms with van der Waals surface area (Å²) in [5.41, 5.74) is 1.08. The third kappa shape index (κ3) is 3.84. The van der Waals surface area contributed by atoms with Crippen molar-refractivity contribution in [2.24, 2.45) is 4.99 Å². The van der Waals surface area contributed by atoms with E-state index in [1.54, 1.807) is 29.7 Å². The van der Waals surface area contributed by atoms with Gasteiger partial charge in [0.05, 0.1) is 29.5 Å². The van der Waals surface area contributed by atoms with Gasteiger partial charge in [-0.1, -0.05) is 11.3 Å². The number of nitrogens with zero attached hydrogens (tertiary/aromatic N) is 2. The van der Waals surface area contributed by atoms with Crippen molar-refractivity contribution < 1.29 is 23.9 Å². The normalized spacial score (nSPS) is 11.5. The van der Waals surface area contributed by atoms with Crippen LogP contribution in [-0.4, -0.2) is 36.1 Å². The van der Waals surface area contributed by atoms with Crippen LogP contribution in [0.1, 0.15) is 24.2 Å². The van der Waals surface area contributed by atoms with Crippen molar-refractivity contribution in [1.82, 2.24) is 4.57 Å². The predicted molar refractivity (Wildman–Crippen MR) is 84.0 cm³/mol. The van der Waals surface area contributed by atoms with Crippen molar-refractivity contribution in [3.05, 3.63) is 28.6 Å². The molecule has 0 aliphatic rings. The van der Waals surface area contributed by atoms with Crippen molar-refractivity contribution in [3.8, 4) is 0 Å². The molecular formula is C15H16N2O5S. The highest BCUT2D eigenvalue weighted by atomic mass is 32.1. The van der Waals surface area contributed by atoms with Crippen LogP contribution in [0.5, 0.6) is 0 Å². The number of aromatic nitrogens is 1. The van der Waals surface area contributed by atoms with E-state index in [4.69, 9.17) is 9.47 Å². The number of thiazole rings is 1. The second-order valence-electron chi connectivity index (χ2n) is 4.58. The first kappa shape index (κ1) is 16.9. The van der Waals surface area contributed by atoms with Gasteiger partial charge in [0.1, 0.15) is 6.54 Å². The average molecular weight is 336 g/mol. The monoisotopic (exact) mass is 336 g/mol. The van der Waals surface area contributed by atoms with Gasteiger partial charge in [-0.25, -0.2) is 4.79 Å². The van der Waals surface area contributed by atoms with E-state index in [1.807, 2.05) is 0 Å². The largest absolute Gasteiger partial charge is 0.465 e. The third-order valence-corrected chi connectivity index (χ3v) is 3.99. The summed E-state index contributed by atoms with van der Waals surface area (Å²) in [6, 6.07) is 4.93. The van der Waals surface area contributed by atoms with E-state index < -0.39 is 11.9 Å².